The molecule has 1 aromatic rings. The minimum absolute atomic E-state index is 0.0307. The molecular formula is C12H16N2O4S. The van der Waals surface area contributed by atoms with E-state index in [1.807, 2.05) is 11.8 Å². The summed E-state index contributed by atoms with van der Waals surface area (Å²) >= 11 is 0. The molecule has 104 valence electrons. The molecule has 7 heteroatoms. The molecule has 1 aliphatic rings. The third-order valence-electron chi connectivity index (χ3n) is 3.28. The molecular weight excluding hydrogens is 268 g/mol. The second-order valence-corrected chi connectivity index (χ2v) is 6.98. The molecule has 2 rings (SSSR count). The maximum atomic E-state index is 11.5. The second-order valence-electron chi connectivity index (χ2n) is 4.75. The molecule has 0 aliphatic carbocycles. The lowest BCUT2D eigenvalue weighted by atomic mass is 10.1. The predicted molar refractivity (Wildman–Crippen MR) is 69.7 cm³/mol. The summed E-state index contributed by atoms with van der Waals surface area (Å²) in [5.74, 6) is -0.816. The fourth-order valence-corrected chi connectivity index (χ4v) is 3.87. The fraction of sp³-hybridized carbons (Fsp3) is 0.500. The highest BCUT2D eigenvalue weighted by atomic mass is 32.2. The van der Waals surface area contributed by atoms with Crippen LogP contribution in [0.25, 0.3) is 0 Å². The number of nitrogens with zero attached hydrogens (tertiary/aromatic N) is 2. The minimum atomic E-state index is -2.96. The van der Waals surface area contributed by atoms with Crippen molar-refractivity contribution < 1.29 is 18.3 Å². The van der Waals surface area contributed by atoms with Gasteiger partial charge in [0.1, 0.15) is 0 Å². The van der Waals surface area contributed by atoms with E-state index in [2.05, 4.69) is 4.98 Å². The number of sulfone groups is 1. The highest BCUT2D eigenvalue weighted by Gasteiger charge is 2.28. The average molecular weight is 284 g/mol. The van der Waals surface area contributed by atoms with Gasteiger partial charge in [0.05, 0.1) is 11.5 Å². The number of hydrogen-bond acceptors (Lipinski definition) is 5. The third-order valence-corrected chi connectivity index (χ3v) is 5.07. The van der Waals surface area contributed by atoms with Crippen LogP contribution < -0.4 is 0 Å². The van der Waals surface area contributed by atoms with Gasteiger partial charge in [-0.1, -0.05) is 6.07 Å². The van der Waals surface area contributed by atoms with Crippen LogP contribution in [0.1, 0.15) is 23.0 Å². The topological polar surface area (TPSA) is 87.6 Å². The SMILES string of the molecule is CC1CS(=O)(=O)CCN1Cc1cccnc1C(=O)O. The van der Waals surface area contributed by atoms with Gasteiger partial charge in [0.25, 0.3) is 0 Å². The molecule has 0 bridgehead atoms. The number of hydrogen-bond donors (Lipinski definition) is 1. The van der Waals surface area contributed by atoms with Crippen LogP contribution in [0, 0.1) is 0 Å². The van der Waals surface area contributed by atoms with Gasteiger partial charge < -0.3 is 5.11 Å². The molecule has 6 nitrogen and oxygen atoms in total. The number of carboxylic acid groups (broad SMARTS) is 1. The smallest absolute Gasteiger partial charge is 0.354 e. The summed E-state index contributed by atoms with van der Waals surface area (Å²) in [6, 6.07) is 3.29. The summed E-state index contributed by atoms with van der Waals surface area (Å²) in [6.07, 6.45) is 1.44. The first kappa shape index (κ1) is 14.0. The van der Waals surface area contributed by atoms with E-state index < -0.39 is 15.8 Å². The molecule has 0 aromatic carbocycles. The third kappa shape index (κ3) is 3.30. The summed E-state index contributed by atoms with van der Waals surface area (Å²) in [5.41, 5.74) is 0.643. The molecule has 1 saturated heterocycles. The van der Waals surface area contributed by atoms with Crippen LogP contribution in [-0.2, 0) is 16.4 Å². The van der Waals surface area contributed by atoms with E-state index in [1.54, 1.807) is 12.1 Å². The van der Waals surface area contributed by atoms with E-state index in [0.29, 0.717) is 18.7 Å². The van der Waals surface area contributed by atoms with Crippen LogP contribution in [0.2, 0.25) is 0 Å². The first-order valence-electron chi connectivity index (χ1n) is 6.01. The maximum Gasteiger partial charge on any atom is 0.354 e. The van der Waals surface area contributed by atoms with Crippen molar-refractivity contribution in [2.45, 2.75) is 19.5 Å². The lowest BCUT2D eigenvalue weighted by molar-refractivity contribution is 0.0687. The van der Waals surface area contributed by atoms with Gasteiger partial charge in [-0.2, -0.15) is 0 Å². The van der Waals surface area contributed by atoms with E-state index in [9.17, 15) is 13.2 Å². The van der Waals surface area contributed by atoms with Crippen molar-refractivity contribution in [3.63, 3.8) is 0 Å². The monoisotopic (exact) mass is 284 g/mol. The van der Waals surface area contributed by atoms with E-state index in [4.69, 9.17) is 5.11 Å². The van der Waals surface area contributed by atoms with Crippen molar-refractivity contribution in [2.75, 3.05) is 18.1 Å². The van der Waals surface area contributed by atoms with Crippen molar-refractivity contribution in [1.82, 2.24) is 9.88 Å². The van der Waals surface area contributed by atoms with E-state index >= 15 is 0 Å². The Morgan fingerprint density at radius 3 is 2.95 bits per heavy atom. The minimum Gasteiger partial charge on any atom is -0.477 e. The molecule has 1 atom stereocenters. The van der Waals surface area contributed by atoms with Crippen molar-refractivity contribution in [1.29, 1.82) is 0 Å². The lowest BCUT2D eigenvalue weighted by Crippen LogP contribution is -2.46. The summed E-state index contributed by atoms with van der Waals surface area (Å²) < 4.78 is 23.0. The van der Waals surface area contributed by atoms with Gasteiger partial charge in [-0.25, -0.2) is 18.2 Å². The van der Waals surface area contributed by atoms with Crippen molar-refractivity contribution >= 4 is 15.8 Å². The first-order chi connectivity index (χ1) is 8.89. The van der Waals surface area contributed by atoms with E-state index in [-0.39, 0.29) is 23.2 Å². The largest absolute Gasteiger partial charge is 0.477 e. The second kappa shape index (κ2) is 5.26. The Balaban J connectivity index is 2.16. The summed E-state index contributed by atoms with van der Waals surface area (Å²) in [7, 11) is -2.96. The van der Waals surface area contributed by atoms with Crippen LogP contribution >= 0.6 is 0 Å². The number of aromatic carboxylic acids is 1. The Morgan fingerprint density at radius 1 is 1.58 bits per heavy atom. The molecule has 0 radical (unpaired) electrons. The van der Waals surface area contributed by atoms with Gasteiger partial charge in [0.15, 0.2) is 15.5 Å². The first-order valence-corrected chi connectivity index (χ1v) is 7.83. The number of carboxylic acids is 1. The Hall–Kier alpha value is -1.47. The zero-order valence-corrected chi connectivity index (χ0v) is 11.4. The van der Waals surface area contributed by atoms with Crippen molar-refractivity contribution in [3.05, 3.63) is 29.6 Å². The maximum absolute atomic E-state index is 11.5. The molecule has 0 saturated carbocycles. The number of carbonyl (C=O) groups is 1. The van der Waals surface area contributed by atoms with Gasteiger partial charge in [-0.15, -0.1) is 0 Å². The lowest BCUT2D eigenvalue weighted by Gasteiger charge is -2.33. The fourth-order valence-electron chi connectivity index (χ4n) is 2.25. The highest BCUT2D eigenvalue weighted by Crippen LogP contribution is 2.16. The van der Waals surface area contributed by atoms with Gasteiger partial charge in [-0.3, -0.25) is 4.90 Å². The molecule has 1 unspecified atom stereocenters. The molecule has 1 aliphatic heterocycles. The van der Waals surface area contributed by atoms with E-state index in [0.717, 1.165) is 0 Å². The molecule has 0 spiro atoms. The Morgan fingerprint density at radius 2 is 2.32 bits per heavy atom. The standard InChI is InChI=1S/C12H16N2O4S/c1-9-8-19(17,18)6-5-14(9)7-10-3-2-4-13-11(10)12(15)16/h2-4,9H,5-8H2,1H3,(H,15,16). The number of aromatic nitrogens is 1. The van der Waals surface area contributed by atoms with Crippen LogP contribution in [-0.4, -0.2) is 53.5 Å². The quantitative estimate of drug-likeness (QED) is 0.864. The van der Waals surface area contributed by atoms with Crippen LogP contribution in [0.15, 0.2) is 18.3 Å². The summed E-state index contributed by atoms with van der Waals surface area (Å²) in [5, 5.41) is 9.07. The van der Waals surface area contributed by atoms with Gasteiger partial charge in [0, 0.05) is 25.3 Å². The average Bonchev–Trinajstić information content (AvgIpc) is 2.32. The summed E-state index contributed by atoms with van der Waals surface area (Å²) in [6.45, 7) is 2.68. The van der Waals surface area contributed by atoms with Crippen LogP contribution in [0.3, 0.4) is 0 Å². The number of rotatable bonds is 3. The molecule has 1 aromatic heterocycles. The zero-order chi connectivity index (χ0) is 14.0. The van der Waals surface area contributed by atoms with Crippen LogP contribution in [0.5, 0.6) is 0 Å². The molecule has 19 heavy (non-hydrogen) atoms. The summed E-state index contributed by atoms with van der Waals surface area (Å²) in [4.78, 5) is 16.9. The van der Waals surface area contributed by atoms with Crippen molar-refractivity contribution in [2.24, 2.45) is 0 Å². The predicted octanol–water partition coefficient (Wildman–Crippen LogP) is 0.399. The highest BCUT2D eigenvalue weighted by molar-refractivity contribution is 7.91. The normalized spacial score (nSPS) is 23.1. The molecule has 1 fully saturated rings. The number of pyridine rings is 1. The Bertz CT molecular complexity index is 585. The molecule has 1 N–H and O–H groups in total. The van der Waals surface area contributed by atoms with Gasteiger partial charge >= 0.3 is 5.97 Å². The van der Waals surface area contributed by atoms with Gasteiger partial charge in [0.2, 0.25) is 0 Å². The van der Waals surface area contributed by atoms with Crippen molar-refractivity contribution in [3.8, 4) is 0 Å². The molecule has 0 amide bonds. The van der Waals surface area contributed by atoms with Crippen LogP contribution in [0.4, 0.5) is 0 Å². The Labute approximate surface area is 112 Å². The van der Waals surface area contributed by atoms with E-state index in [1.165, 1.54) is 6.20 Å². The van der Waals surface area contributed by atoms with Gasteiger partial charge in [-0.05, 0) is 18.6 Å². The molecule has 2 heterocycles. The zero-order valence-electron chi connectivity index (χ0n) is 10.6. The Kier molecular flexibility index (Phi) is 3.86.